The van der Waals surface area contributed by atoms with Gasteiger partial charge in [0.25, 0.3) is 0 Å². The Balaban J connectivity index is 1.64. The van der Waals surface area contributed by atoms with Gasteiger partial charge in [0.15, 0.2) is 35.9 Å². The molecule has 15 atom stereocenters. The van der Waals surface area contributed by atoms with E-state index in [0.717, 1.165) is 0 Å². The van der Waals surface area contributed by atoms with Crippen molar-refractivity contribution in [1.82, 2.24) is 5.32 Å². The van der Waals surface area contributed by atoms with Crippen LogP contribution in [0.15, 0.2) is 9.98 Å². The van der Waals surface area contributed by atoms with Gasteiger partial charge in [-0.3, -0.25) is 4.79 Å². The number of ether oxygens (including phenoxy) is 4. The SMILES string of the molecule is CN[C@@H]1[C@H](O[C@]23C(=O)[C@H]2[C@H](C)O[C@H]3O[C@H]2[C@H](O)[C@@H](O)[C@H](N=C(N)N)[C@@H](O)[C@@H]2N=C(N)N)O[C@@H](CO)[C@H](O)[C@H]1O. The molecule has 0 aromatic heterocycles. The van der Waals surface area contributed by atoms with Crippen LogP contribution in [0.4, 0.5) is 0 Å². The third-order valence-corrected chi connectivity index (χ3v) is 7.68. The zero-order valence-electron chi connectivity index (χ0n) is 21.2. The van der Waals surface area contributed by atoms with Crippen LogP contribution in [0.1, 0.15) is 6.92 Å². The molecule has 39 heavy (non-hydrogen) atoms. The lowest BCUT2D eigenvalue weighted by atomic mass is 9.81. The Kier molecular flexibility index (Phi) is 8.37. The molecule has 18 nitrogen and oxygen atoms in total. The first-order valence-electron chi connectivity index (χ1n) is 12.3. The Hall–Kier alpha value is -2.23. The predicted molar refractivity (Wildman–Crippen MR) is 129 cm³/mol. The minimum absolute atomic E-state index is 0.436. The van der Waals surface area contributed by atoms with Gasteiger partial charge in [0.1, 0.15) is 54.8 Å². The number of rotatable bonds is 8. The zero-order chi connectivity index (χ0) is 29.0. The number of likely N-dealkylation sites (N-methyl/N-ethyl adjacent to an activating group) is 1. The van der Waals surface area contributed by atoms with Crippen molar-refractivity contribution in [3.63, 3.8) is 0 Å². The van der Waals surface area contributed by atoms with Crippen molar-refractivity contribution < 1.29 is 54.4 Å². The zero-order valence-corrected chi connectivity index (χ0v) is 21.2. The number of nitrogens with two attached hydrogens (primary N) is 4. The van der Waals surface area contributed by atoms with Crippen molar-refractivity contribution in [3.05, 3.63) is 0 Å². The van der Waals surface area contributed by atoms with Crippen molar-refractivity contribution in [3.8, 4) is 0 Å². The summed E-state index contributed by atoms with van der Waals surface area (Å²) < 4.78 is 23.5. The van der Waals surface area contributed by atoms with E-state index in [1.54, 1.807) is 6.92 Å². The fourth-order valence-electron chi connectivity index (χ4n) is 5.67. The number of guanidine groups is 2. The summed E-state index contributed by atoms with van der Waals surface area (Å²) in [5, 5.41) is 65.6. The van der Waals surface area contributed by atoms with Crippen LogP contribution < -0.4 is 28.3 Å². The summed E-state index contributed by atoms with van der Waals surface area (Å²) in [5.74, 6) is -2.23. The quantitative estimate of drug-likeness (QED) is 0.0964. The number of hydrogen-bond donors (Lipinski definition) is 11. The van der Waals surface area contributed by atoms with Gasteiger partial charge < -0.3 is 77.8 Å². The van der Waals surface area contributed by atoms with Crippen LogP contribution in [0.25, 0.3) is 0 Å². The van der Waals surface area contributed by atoms with E-state index in [0.29, 0.717) is 0 Å². The van der Waals surface area contributed by atoms with Crippen LogP contribution in [0.2, 0.25) is 0 Å². The third kappa shape index (κ3) is 4.95. The van der Waals surface area contributed by atoms with E-state index < -0.39 is 115 Å². The highest BCUT2D eigenvalue weighted by atomic mass is 16.8. The molecule has 0 unspecified atom stereocenters. The minimum atomic E-state index is -1.80. The van der Waals surface area contributed by atoms with Crippen LogP contribution in [0.3, 0.4) is 0 Å². The summed E-state index contributed by atoms with van der Waals surface area (Å²) >= 11 is 0. The van der Waals surface area contributed by atoms with Gasteiger partial charge in [0, 0.05) is 0 Å². The van der Waals surface area contributed by atoms with Gasteiger partial charge in [-0.25, -0.2) is 9.98 Å². The number of nitrogens with zero attached hydrogens (tertiary/aromatic N) is 2. The maximum absolute atomic E-state index is 13.1. The Labute approximate surface area is 222 Å². The van der Waals surface area contributed by atoms with Gasteiger partial charge in [-0.2, -0.15) is 0 Å². The van der Waals surface area contributed by atoms with E-state index in [1.165, 1.54) is 7.05 Å². The number of aliphatic hydroxyl groups excluding tert-OH is 6. The molecule has 18 heteroatoms. The number of aliphatic hydroxyl groups is 6. The molecule has 4 aliphatic rings. The van der Waals surface area contributed by atoms with Gasteiger partial charge in [-0.1, -0.05) is 0 Å². The average molecular weight is 564 g/mol. The van der Waals surface area contributed by atoms with Crippen LogP contribution >= 0.6 is 0 Å². The largest absolute Gasteiger partial charge is 0.394 e. The standard InChI is InChI=1S/C21H37N7O11/c1-4-6-16(35)21(6,39-17-9(26-2)13(33)10(30)5(3-29)37-17)18(36-4)38-15-8(28-20(24)25)11(31)7(27-19(22)23)12(32)14(15)34/h4-15,17-18,26,29-34H,3H2,1-2H3,(H4,22,23,27)(H4,24,25,28)/t4-,5-,6+,7+,8-,9-,10-,11+,12-,13-,14+,15+,17-,18-,21-/m0/s1. The molecular weight excluding hydrogens is 526 g/mol. The number of carbonyl (C=O) groups is 1. The monoisotopic (exact) mass is 563 g/mol. The van der Waals surface area contributed by atoms with E-state index in [1.807, 2.05) is 0 Å². The molecule has 0 bridgehead atoms. The van der Waals surface area contributed by atoms with E-state index in [-0.39, 0.29) is 0 Å². The lowest BCUT2D eigenvalue weighted by Gasteiger charge is -2.45. The van der Waals surface area contributed by atoms with Gasteiger partial charge in [-0.15, -0.1) is 0 Å². The molecule has 222 valence electrons. The molecule has 4 rings (SSSR count). The van der Waals surface area contributed by atoms with Crippen LogP contribution in [-0.2, 0) is 23.7 Å². The highest BCUT2D eigenvalue weighted by Gasteiger charge is 2.80. The van der Waals surface area contributed by atoms with Gasteiger partial charge in [-0.05, 0) is 14.0 Å². The summed E-state index contributed by atoms with van der Waals surface area (Å²) in [6.07, 6.45) is -14.4. The molecule has 0 aromatic carbocycles. The molecule has 2 aliphatic heterocycles. The topological polar surface area (TPSA) is 316 Å². The highest BCUT2D eigenvalue weighted by Crippen LogP contribution is 2.57. The first-order chi connectivity index (χ1) is 18.3. The molecule has 0 amide bonds. The van der Waals surface area contributed by atoms with E-state index in [2.05, 4.69) is 15.3 Å². The first kappa shape index (κ1) is 29.7. The molecule has 0 aromatic rings. The maximum Gasteiger partial charge on any atom is 0.195 e. The highest BCUT2D eigenvalue weighted by molar-refractivity contribution is 6.09. The predicted octanol–water partition coefficient (Wildman–Crippen LogP) is -7.52. The second kappa shape index (κ2) is 11.0. The van der Waals surface area contributed by atoms with Crippen molar-refractivity contribution >= 4 is 17.7 Å². The van der Waals surface area contributed by atoms with Crippen molar-refractivity contribution in [2.45, 2.75) is 92.1 Å². The van der Waals surface area contributed by atoms with E-state index in [9.17, 15) is 35.4 Å². The second-order valence-electron chi connectivity index (χ2n) is 10.1. The number of fused-ring (bicyclic) bond motifs is 1. The van der Waals surface area contributed by atoms with Crippen molar-refractivity contribution in [2.24, 2.45) is 38.8 Å². The van der Waals surface area contributed by atoms with Crippen LogP contribution in [0, 0.1) is 5.92 Å². The van der Waals surface area contributed by atoms with E-state index in [4.69, 9.17) is 41.9 Å². The molecule has 0 spiro atoms. The number of carbonyl (C=O) groups excluding carboxylic acids is 1. The minimum Gasteiger partial charge on any atom is -0.394 e. The molecule has 2 saturated carbocycles. The fraction of sp³-hybridized carbons (Fsp3) is 0.857. The summed E-state index contributed by atoms with van der Waals surface area (Å²) in [7, 11) is 1.47. The number of nitrogens with one attached hydrogen (secondary N) is 1. The van der Waals surface area contributed by atoms with Gasteiger partial charge >= 0.3 is 0 Å². The number of aliphatic imine (C=N–C) groups is 2. The third-order valence-electron chi connectivity index (χ3n) is 7.68. The fourth-order valence-corrected chi connectivity index (χ4v) is 5.67. The molecule has 2 aliphatic carbocycles. The van der Waals surface area contributed by atoms with Crippen molar-refractivity contribution in [1.29, 1.82) is 0 Å². The molecular formula is C21H37N7O11. The van der Waals surface area contributed by atoms with Gasteiger partial charge in [0.2, 0.25) is 0 Å². The van der Waals surface area contributed by atoms with Crippen molar-refractivity contribution in [2.75, 3.05) is 13.7 Å². The summed E-state index contributed by atoms with van der Waals surface area (Å²) in [4.78, 5) is 20.8. The Morgan fingerprint density at radius 1 is 0.949 bits per heavy atom. The number of Topliss-reactive ketones (excluding diaryl/α,β-unsaturated/α-hetero) is 1. The second-order valence-corrected chi connectivity index (χ2v) is 10.1. The molecule has 15 N–H and O–H groups in total. The van der Waals surface area contributed by atoms with Crippen LogP contribution in [-0.4, -0.2) is 147 Å². The Bertz CT molecular complexity index is 982. The average Bonchev–Trinajstić information content (AvgIpc) is 3.35. The number of ketones is 1. The summed E-state index contributed by atoms with van der Waals surface area (Å²) in [6, 6.07) is -3.87. The lowest BCUT2D eigenvalue weighted by molar-refractivity contribution is -0.316. The van der Waals surface area contributed by atoms with Crippen LogP contribution in [0.5, 0.6) is 0 Å². The van der Waals surface area contributed by atoms with Gasteiger partial charge in [0.05, 0.1) is 24.7 Å². The normalized spacial score (nSPS) is 49.3. The summed E-state index contributed by atoms with van der Waals surface area (Å²) in [6.45, 7) is 0.944. The Morgan fingerprint density at radius 2 is 1.56 bits per heavy atom. The molecule has 4 fully saturated rings. The smallest absolute Gasteiger partial charge is 0.195 e. The number of hydrogen-bond acceptors (Lipinski definition) is 14. The molecule has 2 heterocycles. The van der Waals surface area contributed by atoms with E-state index >= 15 is 0 Å². The Morgan fingerprint density at radius 3 is 2.10 bits per heavy atom. The first-order valence-corrected chi connectivity index (χ1v) is 12.3. The summed E-state index contributed by atoms with van der Waals surface area (Å²) in [5.41, 5.74) is 20.0. The molecule has 2 saturated heterocycles. The maximum atomic E-state index is 13.1. The lowest BCUT2D eigenvalue weighted by Crippen LogP contribution is -2.66. The molecule has 0 radical (unpaired) electrons.